The fourth-order valence-corrected chi connectivity index (χ4v) is 2.00. The molecule has 0 aromatic heterocycles. The van der Waals surface area contributed by atoms with Gasteiger partial charge in [-0.3, -0.25) is 5.21 Å². The molecule has 0 bridgehead atoms. The second-order valence-corrected chi connectivity index (χ2v) is 4.33. The molecule has 1 N–H and O–H groups in total. The van der Waals surface area contributed by atoms with E-state index in [1.807, 2.05) is 0 Å². The van der Waals surface area contributed by atoms with E-state index in [-0.39, 0.29) is 11.5 Å². The number of ether oxygens (including phenoxy) is 1. The lowest BCUT2D eigenvalue weighted by Gasteiger charge is -2.28. The van der Waals surface area contributed by atoms with Gasteiger partial charge < -0.3 is 14.7 Å². The van der Waals surface area contributed by atoms with Crippen LogP contribution in [0.15, 0.2) is 30.3 Å². The van der Waals surface area contributed by atoms with Gasteiger partial charge in [0.25, 0.3) is 0 Å². The van der Waals surface area contributed by atoms with Crippen molar-refractivity contribution in [2.24, 2.45) is 0 Å². The first kappa shape index (κ1) is 13.4. The Morgan fingerprint density at radius 2 is 2.16 bits per heavy atom. The second-order valence-electron chi connectivity index (χ2n) is 4.33. The highest BCUT2D eigenvalue weighted by Crippen LogP contribution is 2.34. The second kappa shape index (κ2) is 4.89. The number of carbonyl (C=O) groups is 1. The Morgan fingerprint density at radius 3 is 2.74 bits per heavy atom. The summed E-state index contributed by atoms with van der Waals surface area (Å²) < 4.78 is 4.74. The number of hydrogen-bond acceptors (Lipinski definition) is 5. The Bertz CT molecular complexity index is 513. The van der Waals surface area contributed by atoms with Gasteiger partial charge in [-0.05, 0) is 19.4 Å². The molecule has 0 radical (unpaired) electrons. The van der Waals surface area contributed by atoms with Gasteiger partial charge in [0.1, 0.15) is 5.60 Å². The van der Waals surface area contributed by atoms with Crippen LogP contribution in [-0.4, -0.2) is 34.4 Å². The van der Waals surface area contributed by atoms with Crippen molar-refractivity contribution < 1.29 is 24.4 Å². The standard InChI is InChI=1S/C13H15NO5/c1-3-18-12(16)10-11(15)13(2,19-14(10)17)9-7-5-4-6-8-9/h4-8,11,15H,3H2,1-2H3/t11-,13+/m0/s1. The number of hydrogen-bond donors (Lipinski definition) is 1. The van der Waals surface area contributed by atoms with E-state index in [2.05, 4.69) is 0 Å². The SMILES string of the molecule is CCOC(=O)C1=[N+]([O-])O[C@](C)(c2ccccc2)[C@H]1O. The molecule has 1 heterocycles. The summed E-state index contributed by atoms with van der Waals surface area (Å²) in [6, 6.07) is 8.75. The fraction of sp³-hybridized carbons (Fsp3) is 0.385. The van der Waals surface area contributed by atoms with Crippen LogP contribution in [0.4, 0.5) is 0 Å². The molecule has 1 aromatic rings. The van der Waals surface area contributed by atoms with Crippen LogP contribution in [0.3, 0.4) is 0 Å². The van der Waals surface area contributed by atoms with Crippen LogP contribution < -0.4 is 0 Å². The van der Waals surface area contributed by atoms with E-state index in [0.29, 0.717) is 5.56 Å². The summed E-state index contributed by atoms with van der Waals surface area (Å²) in [5.41, 5.74) is -1.14. The molecule has 0 saturated heterocycles. The lowest BCUT2D eigenvalue weighted by Crippen LogP contribution is -2.41. The number of aliphatic hydroxyl groups excluding tert-OH is 1. The van der Waals surface area contributed by atoms with E-state index in [0.717, 1.165) is 0 Å². The van der Waals surface area contributed by atoms with Crippen LogP contribution in [0.2, 0.25) is 0 Å². The Balaban J connectivity index is 2.33. The first-order chi connectivity index (χ1) is 9.00. The predicted octanol–water partition coefficient (Wildman–Crippen LogP) is 0.722. The van der Waals surface area contributed by atoms with E-state index in [1.54, 1.807) is 44.2 Å². The molecule has 19 heavy (non-hydrogen) atoms. The molecule has 1 aliphatic rings. The Morgan fingerprint density at radius 1 is 1.53 bits per heavy atom. The minimum atomic E-state index is -1.38. The number of carbonyl (C=O) groups excluding carboxylic acids is 1. The summed E-state index contributed by atoms with van der Waals surface area (Å²) in [5, 5.41) is 21.9. The molecule has 6 heteroatoms. The molecule has 0 fully saturated rings. The topological polar surface area (TPSA) is 81.8 Å². The van der Waals surface area contributed by atoms with Gasteiger partial charge in [0, 0.05) is 0 Å². The Kier molecular flexibility index (Phi) is 3.44. The van der Waals surface area contributed by atoms with Crippen LogP contribution in [0.5, 0.6) is 0 Å². The van der Waals surface area contributed by atoms with Gasteiger partial charge in [-0.2, -0.15) is 0 Å². The van der Waals surface area contributed by atoms with Crippen LogP contribution in [0, 0.1) is 5.21 Å². The monoisotopic (exact) mass is 265 g/mol. The van der Waals surface area contributed by atoms with Gasteiger partial charge in [0.2, 0.25) is 0 Å². The molecular weight excluding hydrogens is 250 g/mol. The molecule has 1 aromatic carbocycles. The van der Waals surface area contributed by atoms with Gasteiger partial charge in [-0.15, -0.1) is 0 Å². The lowest BCUT2D eigenvalue weighted by molar-refractivity contribution is -0.754. The maximum absolute atomic E-state index is 11.7. The number of benzene rings is 1. The molecule has 0 spiro atoms. The molecule has 0 aliphatic carbocycles. The molecule has 102 valence electrons. The number of nitrogens with zero attached hydrogens (tertiary/aromatic N) is 1. The van der Waals surface area contributed by atoms with Gasteiger partial charge in [-0.1, -0.05) is 30.3 Å². The lowest BCUT2D eigenvalue weighted by atomic mass is 9.88. The number of rotatable bonds is 3. The average molecular weight is 265 g/mol. The number of aliphatic hydroxyl groups is 1. The minimum absolute atomic E-state index is 0.0374. The van der Waals surface area contributed by atoms with Gasteiger partial charge in [0.15, 0.2) is 6.10 Å². The van der Waals surface area contributed by atoms with E-state index >= 15 is 0 Å². The highest BCUT2D eigenvalue weighted by molar-refractivity contribution is 6.36. The zero-order chi connectivity index (χ0) is 14.0. The third kappa shape index (κ3) is 2.15. The van der Waals surface area contributed by atoms with E-state index in [1.165, 1.54) is 0 Å². The van der Waals surface area contributed by atoms with Crippen molar-refractivity contribution in [1.82, 2.24) is 0 Å². The first-order valence-electron chi connectivity index (χ1n) is 5.94. The molecule has 6 nitrogen and oxygen atoms in total. The largest absolute Gasteiger partial charge is 0.458 e. The van der Waals surface area contributed by atoms with Gasteiger partial charge in [-0.25, -0.2) is 4.79 Å². The summed E-state index contributed by atoms with van der Waals surface area (Å²) in [5.74, 6) is -0.871. The highest BCUT2D eigenvalue weighted by atomic mass is 16.9. The van der Waals surface area contributed by atoms with Crippen molar-refractivity contribution >= 4 is 11.7 Å². The van der Waals surface area contributed by atoms with Gasteiger partial charge in [0.05, 0.1) is 11.5 Å². The van der Waals surface area contributed by atoms with Gasteiger partial charge >= 0.3 is 11.7 Å². The number of esters is 1. The third-order valence-electron chi connectivity index (χ3n) is 3.08. The predicted molar refractivity (Wildman–Crippen MR) is 66.2 cm³/mol. The quantitative estimate of drug-likeness (QED) is 0.643. The molecule has 0 amide bonds. The van der Waals surface area contributed by atoms with E-state index in [4.69, 9.17) is 9.57 Å². The van der Waals surface area contributed by atoms with E-state index in [9.17, 15) is 15.1 Å². The van der Waals surface area contributed by atoms with Crippen molar-refractivity contribution in [1.29, 1.82) is 0 Å². The maximum Gasteiger partial charge on any atom is 0.408 e. The van der Waals surface area contributed by atoms with Crippen molar-refractivity contribution in [3.05, 3.63) is 41.1 Å². The smallest absolute Gasteiger partial charge is 0.408 e. The zero-order valence-electron chi connectivity index (χ0n) is 10.7. The van der Waals surface area contributed by atoms with Crippen LogP contribution in [0.1, 0.15) is 19.4 Å². The van der Waals surface area contributed by atoms with Crippen molar-refractivity contribution in [2.75, 3.05) is 6.61 Å². The molecule has 0 saturated carbocycles. The maximum atomic E-state index is 11.7. The van der Waals surface area contributed by atoms with Crippen molar-refractivity contribution in [3.8, 4) is 0 Å². The summed E-state index contributed by atoms with van der Waals surface area (Å²) >= 11 is 0. The fourth-order valence-electron chi connectivity index (χ4n) is 2.00. The van der Waals surface area contributed by atoms with E-state index < -0.39 is 23.4 Å². The normalized spacial score (nSPS) is 26.2. The summed E-state index contributed by atoms with van der Waals surface area (Å²) in [7, 11) is 0. The Labute approximate surface area is 110 Å². The van der Waals surface area contributed by atoms with Crippen LogP contribution in [-0.2, 0) is 20.0 Å². The average Bonchev–Trinajstić information content (AvgIpc) is 2.62. The summed E-state index contributed by atoms with van der Waals surface area (Å²) in [6.07, 6.45) is -1.38. The van der Waals surface area contributed by atoms with Crippen molar-refractivity contribution in [2.45, 2.75) is 25.6 Å². The minimum Gasteiger partial charge on any atom is -0.458 e. The molecule has 2 atom stereocenters. The van der Waals surface area contributed by atoms with Crippen molar-refractivity contribution in [3.63, 3.8) is 0 Å². The highest BCUT2D eigenvalue weighted by Gasteiger charge is 2.53. The molecular formula is C13H15NO5. The third-order valence-corrected chi connectivity index (χ3v) is 3.08. The summed E-state index contributed by atoms with van der Waals surface area (Å²) in [4.78, 5) is 16.8. The molecule has 0 unspecified atom stereocenters. The van der Waals surface area contributed by atoms with Crippen LogP contribution in [0.25, 0.3) is 0 Å². The Hall–Kier alpha value is -2.08. The molecule has 2 rings (SSSR count). The molecule has 1 aliphatic heterocycles. The van der Waals surface area contributed by atoms with Crippen LogP contribution >= 0.6 is 0 Å². The summed E-state index contributed by atoms with van der Waals surface area (Å²) in [6.45, 7) is 3.28. The first-order valence-corrected chi connectivity index (χ1v) is 5.94. The zero-order valence-corrected chi connectivity index (χ0v) is 10.7.